The lowest BCUT2D eigenvalue weighted by Crippen LogP contribution is -2.37. The van der Waals surface area contributed by atoms with Gasteiger partial charge in [-0.2, -0.15) is 0 Å². The van der Waals surface area contributed by atoms with Crippen molar-refractivity contribution >= 4 is 11.9 Å². The molecule has 0 saturated carbocycles. The minimum atomic E-state index is -1.08. The van der Waals surface area contributed by atoms with Gasteiger partial charge in [-0.3, -0.25) is 4.79 Å². The number of rotatable bonds is 8. The Labute approximate surface area is 118 Å². The Morgan fingerprint density at radius 3 is 2.50 bits per heavy atom. The lowest BCUT2D eigenvalue weighted by molar-refractivity contribution is -0.148. The average molecular weight is 279 g/mol. The number of carboxylic acids is 1. The van der Waals surface area contributed by atoms with E-state index in [0.717, 1.165) is 12.8 Å². The summed E-state index contributed by atoms with van der Waals surface area (Å²) in [5.41, 5.74) is 2.41. The zero-order chi connectivity index (χ0) is 15.0. The van der Waals surface area contributed by atoms with Crippen LogP contribution < -0.4 is 5.32 Å². The third-order valence-electron chi connectivity index (χ3n) is 3.03. The van der Waals surface area contributed by atoms with Crippen molar-refractivity contribution in [1.82, 2.24) is 5.32 Å². The second-order valence-electron chi connectivity index (χ2n) is 4.71. The molecule has 1 aromatic carbocycles. The van der Waals surface area contributed by atoms with Gasteiger partial charge in [-0.05, 0) is 25.3 Å². The summed E-state index contributed by atoms with van der Waals surface area (Å²) in [4.78, 5) is 22.3. The fraction of sp³-hybridized carbons (Fsp3) is 0.467. The predicted octanol–water partition coefficient (Wildman–Crippen LogP) is 1.53. The summed E-state index contributed by atoms with van der Waals surface area (Å²) < 4.78 is 4.73. The molecular formula is C15H21NO4. The van der Waals surface area contributed by atoms with Gasteiger partial charge in [-0.15, -0.1) is 0 Å². The van der Waals surface area contributed by atoms with Crippen molar-refractivity contribution in [3.63, 3.8) is 0 Å². The first kappa shape index (κ1) is 16.2. The van der Waals surface area contributed by atoms with Gasteiger partial charge in [0, 0.05) is 13.5 Å². The zero-order valence-electron chi connectivity index (χ0n) is 11.9. The first-order valence-corrected chi connectivity index (χ1v) is 6.60. The number of carbonyl (C=O) groups is 2. The number of benzene rings is 1. The van der Waals surface area contributed by atoms with E-state index in [2.05, 4.69) is 17.4 Å². The number of aryl methyl sites for hydroxylation is 2. The van der Waals surface area contributed by atoms with E-state index in [4.69, 9.17) is 9.84 Å². The number of carboxylic acid groups (broad SMARTS) is 1. The molecule has 1 aromatic rings. The van der Waals surface area contributed by atoms with Gasteiger partial charge in [0.25, 0.3) is 0 Å². The first-order valence-electron chi connectivity index (χ1n) is 6.60. The smallest absolute Gasteiger partial charge is 0.334 e. The quantitative estimate of drug-likeness (QED) is 0.756. The fourth-order valence-electron chi connectivity index (χ4n) is 1.77. The molecule has 0 spiro atoms. The van der Waals surface area contributed by atoms with Gasteiger partial charge in [0.15, 0.2) is 6.10 Å². The zero-order valence-corrected chi connectivity index (χ0v) is 11.9. The number of nitrogens with one attached hydrogen (secondary N) is 1. The maximum Gasteiger partial charge on any atom is 0.334 e. The molecule has 0 aromatic heterocycles. The third kappa shape index (κ3) is 5.84. The maximum atomic E-state index is 11.6. The second kappa shape index (κ2) is 8.32. The van der Waals surface area contributed by atoms with Gasteiger partial charge in [0.1, 0.15) is 0 Å². The van der Waals surface area contributed by atoms with Crippen LogP contribution in [0.25, 0.3) is 0 Å². The van der Waals surface area contributed by atoms with Gasteiger partial charge in [-0.1, -0.05) is 29.8 Å². The molecular weight excluding hydrogens is 258 g/mol. The summed E-state index contributed by atoms with van der Waals surface area (Å²) in [6, 6.07) is 8.20. The number of hydrogen-bond donors (Lipinski definition) is 2. The van der Waals surface area contributed by atoms with Crippen LogP contribution in [0.15, 0.2) is 24.3 Å². The number of ether oxygens (including phenoxy) is 1. The molecule has 0 heterocycles. The standard InChI is InChI=1S/C15H21NO4/c1-11-6-8-12(9-7-11)4-3-5-14(17)16-10-13(20-2)15(18)19/h6-9,13H,3-5,10H2,1-2H3,(H,16,17)(H,18,19). The van der Waals surface area contributed by atoms with Gasteiger partial charge >= 0.3 is 5.97 Å². The SMILES string of the molecule is COC(CNC(=O)CCCc1ccc(C)cc1)C(=O)O. The minimum absolute atomic E-state index is 0.00476. The molecule has 5 nitrogen and oxygen atoms in total. The molecule has 1 atom stereocenters. The number of aliphatic carboxylic acids is 1. The molecule has 0 bridgehead atoms. The molecule has 0 aliphatic heterocycles. The van der Waals surface area contributed by atoms with E-state index in [1.165, 1.54) is 18.2 Å². The molecule has 1 amide bonds. The van der Waals surface area contributed by atoms with E-state index in [9.17, 15) is 9.59 Å². The summed E-state index contributed by atoms with van der Waals surface area (Å²) in [5.74, 6) is -1.23. The lowest BCUT2D eigenvalue weighted by Gasteiger charge is -2.11. The summed E-state index contributed by atoms with van der Waals surface area (Å²) in [5, 5.41) is 11.3. The highest BCUT2D eigenvalue weighted by Crippen LogP contribution is 2.07. The predicted molar refractivity (Wildman–Crippen MR) is 75.6 cm³/mol. The molecule has 0 fully saturated rings. The Bertz CT molecular complexity index is 442. The van der Waals surface area contributed by atoms with Crippen molar-refractivity contribution in [3.05, 3.63) is 35.4 Å². The number of methoxy groups -OCH3 is 1. The molecule has 110 valence electrons. The van der Waals surface area contributed by atoms with E-state index < -0.39 is 12.1 Å². The van der Waals surface area contributed by atoms with Crippen LogP contribution in [0.5, 0.6) is 0 Å². The fourth-order valence-corrected chi connectivity index (χ4v) is 1.77. The van der Waals surface area contributed by atoms with Crippen LogP contribution in [-0.2, 0) is 20.7 Å². The van der Waals surface area contributed by atoms with Crippen LogP contribution in [0.2, 0.25) is 0 Å². The van der Waals surface area contributed by atoms with Gasteiger partial charge in [0.2, 0.25) is 5.91 Å². The molecule has 0 aliphatic rings. The minimum Gasteiger partial charge on any atom is -0.479 e. The van der Waals surface area contributed by atoms with Crippen LogP contribution >= 0.6 is 0 Å². The topological polar surface area (TPSA) is 75.6 Å². The van der Waals surface area contributed by atoms with E-state index >= 15 is 0 Å². The Kier molecular flexibility index (Phi) is 6.73. The highest BCUT2D eigenvalue weighted by atomic mass is 16.5. The summed E-state index contributed by atoms with van der Waals surface area (Å²) in [7, 11) is 1.31. The van der Waals surface area contributed by atoms with Crippen molar-refractivity contribution in [3.8, 4) is 0 Å². The molecule has 0 aliphatic carbocycles. The third-order valence-corrected chi connectivity index (χ3v) is 3.03. The Balaban J connectivity index is 2.23. The second-order valence-corrected chi connectivity index (χ2v) is 4.71. The van der Waals surface area contributed by atoms with Crippen LogP contribution in [0.1, 0.15) is 24.0 Å². The van der Waals surface area contributed by atoms with Crippen LogP contribution in [0.3, 0.4) is 0 Å². The van der Waals surface area contributed by atoms with E-state index in [1.54, 1.807) is 0 Å². The first-order chi connectivity index (χ1) is 9.52. The lowest BCUT2D eigenvalue weighted by atomic mass is 10.1. The van der Waals surface area contributed by atoms with E-state index in [1.807, 2.05) is 19.1 Å². The van der Waals surface area contributed by atoms with Crippen LogP contribution in [0.4, 0.5) is 0 Å². The summed E-state index contributed by atoms with van der Waals surface area (Å²) >= 11 is 0. The van der Waals surface area contributed by atoms with Crippen molar-refractivity contribution in [2.75, 3.05) is 13.7 Å². The molecule has 0 saturated heterocycles. The Morgan fingerprint density at radius 2 is 1.95 bits per heavy atom. The highest BCUT2D eigenvalue weighted by Gasteiger charge is 2.16. The Morgan fingerprint density at radius 1 is 1.30 bits per heavy atom. The van der Waals surface area contributed by atoms with Crippen molar-refractivity contribution in [2.45, 2.75) is 32.3 Å². The molecule has 0 radical (unpaired) electrons. The van der Waals surface area contributed by atoms with E-state index in [0.29, 0.717) is 6.42 Å². The van der Waals surface area contributed by atoms with Gasteiger partial charge in [-0.25, -0.2) is 4.79 Å². The molecule has 1 unspecified atom stereocenters. The molecule has 5 heteroatoms. The highest BCUT2D eigenvalue weighted by molar-refractivity contribution is 5.78. The van der Waals surface area contributed by atoms with Crippen molar-refractivity contribution in [1.29, 1.82) is 0 Å². The van der Waals surface area contributed by atoms with Crippen molar-refractivity contribution in [2.24, 2.45) is 0 Å². The monoisotopic (exact) mass is 279 g/mol. The maximum absolute atomic E-state index is 11.6. The molecule has 20 heavy (non-hydrogen) atoms. The summed E-state index contributed by atoms with van der Waals surface area (Å²) in [6.07, 6.45) is 0.959. The number of carbonyl (C=O) groups excluding carboxylic acids is 1. The number of amides is 1. The van der Waals surface area contributed by atoms with Gasteiger partial charge in [0.05, 0.1) is 6.54 Å². The summed E-state index contributed by atoms with van der Waals surface area (Å²) in [6.45, 7) is 2.03. The van der Waals surface area contributed by atoms with Crippen LogP contribution in [0, 0.1) is 6.92 Å². The average Bonchev–Trinajstić information content (AvgIpc) is 2.41. The van der Waals surface area contributed by atoms with Crippen LogP contribution in [-0.4, -0.2) is 36.7 Å². The molecule has 1 rings (SSSR count). The largest absolute Gasteiger partial charge is 0.479 e. The van der Waals surface area contributed by atoms with E-state index in [-0.39, 0.29) is 12.5 Å². The molecule has 2 N–H and O–H groups in total. The van der Waals surface area contributed by atoms with Gasteiger partial charge < -0.3 is 15.2 Å². The number of hydrogen-bond acceptors (Lipinski definition) is 3. The normalized spacial score (nSPS) is 11.9. The Hall–Kier alpha value is -1.88. The van der Waals surface area contributed by atoms with Crippen molar-refractivity contribution < 1.29 is 19.4 Å².